The lowest BCUT2D eigenvalue weighted by atomic mass is 10.1. The van der Waals surface area contributed by atoms with E-state index in [-0.39, 0.29) is 12.4 Å². The molecule has 3 rings (SSSR count). The molecule has 1 aromatic heterocycles. The fourth-order valence-corrected chi connectivity index (χ4v) is 3.14. The second-order valence-corrected chi connectivity index (χ2v) is 6.89. The molecule has 0 unspecified atom stereocenters. The van der Waals surface area contributed by atoms with Gasteiger partial charge in [0.15, 0.2) is 6.61 Å². The predicted molar refractivity (Wildman–Crippen MR) is 114 cm³/mol. The Bertz CT molecular complexity index is 1060. The number of aryl methyl sites for hydroxylation is 1. The number of ether oxygens (including phenoxy) is 2. The molecule has 6 nitrogen and oxygen atoms in total. The predicted octanol–water partition coefficient (Wildman–Crippen LogP) is 4.77. The summed E-state index contributed by atoms with van der Waals surface area (Å²) in [5.41, 5.74) is 1.72. The Labute approximate surface area is 175 Å². The van der Waals surface area contributed by atoms with E-state index in [1.54, 1.807) is 30.5 Å². The summed E-state index contributed by atoms with van der Waals surface area (Å²) in [5.74, 6) is -0.146. The van der Waals surface area contributed by atoms with Crippen LogP contribution in [-0.4, -0.2) is 29.5 Å². The summed E-state index contributed by atoms with van der Waals surface area (Å²) < 4.78 is 12.7. The summed E-state index contributed by atoms with van der Waals surface area (Å²) in [6, 6.07) is 16.3. The molecule has 30 heavy (non-hydrogen) atoms. The number of hydrogen-bond acceptors (Lipinski definition) is 5. The SMILES string of the molecule is CCCCOc1ccc(C(=O)OCC(=O)c2cn(CCC#N)c3ccccc23)cc1. The first-order valence-corrected chi connectivity index (χ1v) is 10.0. The van der Waals surface area contributed by atoms with Crippen molar-refractivity contribution in [3.63, 3.8) is 0 Å². The molecule has 0 amide bonds. The van der Waals surface area contributed by atoms with E-state index in [9.17, 15) is 9.59 Å². The largest absolute Gasteiger partial charge is 0.494 e. The van der Waals surface area contributed by atoms with Crippen LogP contribution in [0.1, 0.15) is 46.9 Å². The number of carbonyl (C=O) groups is 2. The molecular formula is C24H24N2O4. The lowest BCUT2D eigenvalue weighted by Crippen LogP contribution is -2.14. The number of nitriles is 1. The molecule has 1 heterocycles. The van der Waals surface area contributed by atoms with Crippen LogP contribution in [0.4, 0.5) is 0 Å². The Hall–Kier alpha value is -3.59. The average Bonchev–Trinajstić information content (AvgIpc) is 3.15. The zero-order valence-corrected chi connectivity index (χ0v) is 17.0. The van der Waals surface area contributed by atoms with E-state index in [4.69, 9.17) is 14.7 Å². The molecule has 0 aliphatic rings. The van der Waals surface area contributed by atoms with Crippen LogP contribution in [0.2, 0.25) is 0 Å². The number of Topliss-reactive ketones (excluding diaryl/α,β-unsaturated/α-hetero) is 1. The molecule has 0 N–H and O–H groups in total. The average molecular weight is 404 g/mol. The summed E-state index contributed by atoms with van der Waals surface area (Å²) >= 11 is 0. The third-order valence-electron chi connectivity index (χ3n) is 4.74. The molecule has 2 aromatic carbocycles. The number of fused-ring (bicyclic) bond motifs is 1. The lowest BCUT2D eigenvalue weighted by Gasteiger charge is -2.07. The van der Waals surface area contributed by atoms with Crippen molar-refractivity contribution in [2.75, 3.05) is 13.2 Å². The number of rotatable bonds is 10. The van der Waals surface area contributed by atoms with Gasteiger partial charge in [-0.3, -0.25) is 4.79 Å². The normalized spacial score (nSPS) is 10.5. The van der Waals surface area contributed by atoms with Gasteiger partial charge in [0, 0.05) is 29.2 Å². The number of carbonyl (C=O) groups excluding carboxylic acids is 2. The van der Waals surface area contributed by atoms with Crippen LogP contribution in [-0.2, 0) is 11.3 Å². The fourth-order valence-electron chi connectivity index (χ4n) is 3.14. The number of ketones is 1. The van der Waals surface area contributed by atoms with E-state index < -0.39 is 5.97 Å². The number of nitrogens with zero attached hydrogens (tertiary/aromatic N) is 2. The van der Waals surface area contributed by atoms with Gasteiger partial charge < -0.3 is 14.0 Å². The van der Waals surface area contributed by atoms with Gasteiger partial charge in [-0.2, -0.15) is 5.26 Å². The molecule has 0 radical (unpaired) electrons. The second-order valence-electron chi connectivity index (χ2n) is 6.89. The summed E-state index contributed by atoms with van der Waals surface area (Å²) in [5, 5.41) is 9.63. The van der Waals surface area contributed by atoms with Gasteiger partial charge in [0.05, 0.1) is 24.7 Å². The van der Waals surface area contributed by atoms with Gasteiger partial charge in [-0.25, -0.2) is 4.79 Å². The van der Waals surface area contributed by atoms with Crippen LogP contribution in [0.5, 0.6) is 5.75 Å². The minimum absolute atomic E-state index is 0.283. The van der Waals surface area contributed by atoms with Gasteiger partial charge in [-0.15, -0.1) is 0 Å². The smallest absolute Gasteiger partial charge is 0.338 e. The van der Waals surface area contributed by atoms with Gasteiger partial charge in [0.2, 0.25) is 5.78 Å². The molecule has 0 atom stereocenters. The van der Waals surface area contributed by atoms with E-state index >= 15 is 0 Å². The molecule has 0 aliphatic heterocycles. The molecule has 0 fully saturated rings. The van der Waals surface area contributed by atoms with Crippen molar-refractivity contribution >= 4 is 22.7 Å². The lowest BCUT2D eigenvalue weighted by molar-refractivity contribution is 0.0475. The van der Waals surface area contributed by atoms with Gasteiger partial charge in [-0.05, 0) is 36.8 Å². The molecule has 3 aromatic rings. The molecular weight excluding hydrogens is 380 g/mol. The van der Waals surface area contributed by atoms with Crippen molar-refractivity contribution < 1.29 is 19.1 Å². The zero-order valence-electron chi connectivity index (χ0n) is 17.0. The van der Waals surface area contributed by atoms with Gasteiger partial charge in [0.1, 0.15) is 5.75 Å². The number of esters is 1. The first-order valence-electron chi connectivity index (χ1n) is 10.0. The van der Waals surface area contributed by atoms with E-state index in [1.165, 1.54) is 0 Å². The maximum absolute atomic E-state index is 12.7. The quantitative estimate of drug-likeness (QED) is 0.276. The van der Waals surface area contributed by atoms with Crippen molar-refractivity contribution in [1.29, 1.82) is 5.26 Å². The minimum Gasteiger partial charge on any atom is -0.494 e. The van der Waals surface area contributed by atoms with E-state index in [0.717, 1.165) is 23.7 Å². The maximum Gasteiger partial charge on any atom is 0.338 e. The monoisotopic (exact) mass is 404 g/mol. The number of hydrogen-bond donors (Lipinski definition) is 0. The highest BCUT2D eigenvalue weighted by molar-refractivity contribution is 6.09. The van der Waals surface area contributed by atoms with Crippen molar-refractivity contribution in [1.82, 2.24) is 4.57 Å². The van der Waals surface area contributed by atoms with Crippen molar-refractivity contribution in [2.45, 2.75) is 32.7 Å². The van der Waals surface area contributed by atoms with Crippen LogP contribution < -0.4 is 4.74 Å². The van der Waals surface area contributed by atoms with Crippen LogP contribution in [0.3, 0.4) is 0 Å². The van der Waals surface area contributed by atoms with Crippen molar-refractivity contribution in [3.05, 3.63) is 65.9 Å². The maximum atomic E-state index is 12.7. The molecule has 6 heteroatoms. The summed E-state index contributed by atoms with van der Waals surface area (Å²) in [7, 11) is 0. The van der Waals surface area contributed by atoms with Crippen LogP contribution >= 0.6 is 0 Å². The summed E-state index contributed by atoms with van der Waals surface area (Å²) in [6.45, 7) is 2.88. The third-order valence-corrected chi connectivity index (χ3v) is 4.74. The third kappa shape index (κ3) is 5.06. The highest BCUT2D eigenvalue weighted by Gasteiger charge is 2.17. The minimum atomic E-state index is -0.559. The molecule has 0 spiro atoms. The van der Waals surface area contributed by atoms with Gasteiger partial charge in [0.25, 0.3) is 0 Å². The Morgan fingerprint density at radius 2 is 1.87 bits per heavy atom. The second kappa shape index (κ2) is 10.3. The Balaban J connectivity index is 1.64. The molecule has 0 saturated carbocycles. The molecule has 0 bridgehead atoms. The molecule has 0 aliphatic carbocycles. The highest BCUT2D eigenvalue weighted by Crippen LogP contribution is 2.22. The number of aromatic nitrogens is 1. The molecule has 154 valence electrons. The highest BCUT2D eigenvalue weighted by atomic mass is 16.5. The van der Waals surface area contributed by atoms with Gasteiger partial charge in [-0.1, -0.05) is 31.5 Å². The van der Waals surface area contributed by atoms with Crippen molar-refractivity contribution in [2.24, 2.45) is 0 Å². The standard InChI is InChI=1S/C24H24N2O4/c1-2-3-15-29-19-11-9-18(10-12-19)24(28)30-17-23(27)21-16-26(14-6-13-25)22-8-5-4-7-20(21)22/h4-5,7-12,16H,2-3,6,14-15,17H2,1H3. The van der Waals surface area contributed by atoms with E-state index in [1.807, 2.05) is 28.8 Å². The zero-order chi connectivity index (χ0) is 21.3. The van der Waals surface area contributed by atoms with Gasteiger partial charge >= 0.3 is 5.97 Å². The Morgan fingerprint density at radius 1 is 1.10 bits per heavy atom. The number of benzene rings is 2. The van der Waals surface area contributed by atoms with Crippen LogP contribution in [0.15, 0.2) is 54.7 Å². The van der Waals surface area contributed by atoms with Crippen LogP contribution in [0, 0.1) is 11.3 Å². The van der Waals surface area contributed by atoms with Crippen LogP contribution in [0.25, 0.3) is 10.9 Å². The fraction of sp³-hybridized carbons (Fsp3) is 0.292. The summed E-state index contributed by atoms with van der Waals surface area (Å²) in [6.07, 6.45) is 4.09. The number of unbranched alkanes of at least 4 members (excludes halogenated alkanes) is 1. The first-order chi connectivity index (χ1) is 14.6. The van der Waals surface area contributed by atoms with Crippen molar-refractivity contribution in [3.8, 4) is 11.8 Å². The van der Waals surface area contributed by atoms with E-state index in [0.29, 0.717) is 36.4 Å². The first kappa shape index (κ1) is 21.1. The summed E-state index contributed by atoms with van der Waals surface area (Å²) in [4.78, 5) is 25.0. The number of para-hydroxylation sites is 1. The Kier molecular flexibility index (Phi) is 7.23. The Morgan fingerprint density at radius 3 is 2.60 bits per heavy atom. The topological polar surface area (TPSA) is 81.3 Å². The molecule has 0 saturated heterocycles. The van der Waals surface area contributed by atoms with E-state index in [2.05, 4.69) is 13.0 Å².